The van der Waals surface area contributed by atoms with Gasteiger partial charge in [-0.25, -0.2) is 4.99 Å². The van der Waals surface area contributed by atoms with Crippen LogP contribution in [0.2, 0.25) is 0 Å². The van der Waals surface area contributed by atoms with E-state index in [1.165, 1.54) is 11.8 Å². The zero-order chi connectivity index (χ0) is 20.1. The van der Waals surface area contributed by atoms with E-state index in [2.05, 4.69) is 10.3 Å². The highest BCUT2D eigenvalue weighted by Crippen LogP contribution is 2.32. The summed E-state index contributed by atoms with van der Waals surface area (Å²) in [6, 6.07) is 12.9. The molecule has 0 atom stereocenters. The maximum absolute atomic E-state index is 12.3. The monoisotopic (exact) mass is 398 g/mol. The molecule has 146 valence electrons. The molecule has 1 aliphatic heterocycles. The van der Waals surface area contributed by atoms with E-state index in [9.17, 15) is 4.79 Å². The number of nitrogens with zero attached hydrogens (tertiary/aromatic N) is 1. The Bertz CT molecular complexity index is 921. The molecule has 0 radical (unpaired) electrons. The number of nitrogens with one attached hydrogen (secondary N) is 1. The highest BCUT2D eigenvalue weighted by molar-refractivity contribution is 8.18. The van der Waals surface area contributed by atoms with E-state index in [0.29, 0.717) is 21.6 Å². The molecule has 1 N–H and O–H groups in total. The lowest BCUT2D eigenvalue weighted by molar-refractivity contribution is -0.115. The van der Waals surface area contributed by atoms with Crippen LogP contribution in [0, 0.1) is 0 Å². The Labute approximate surface area is 168 Å². The molecule has 2 aromatic carbocycles. The summed E-state index contributed by atoms with van der Waals surface area (Å²) in [4.78, 5) is 17.3. The van der Waals surface area contributed by atoms with Crippen LogP contribution >= 0.6 is 11.8 Å². The maximum Gasteiger partial charge on any atom is 0.264 e. The van der Waals surface area contributed by atoms with Crippen LogP contribution in [-0.4, -0.2) is 31.4 Å². The maximum atomic E-state index is 12.3. The van der Waals surface area contributed by atoms with Crippen LogP contribution in [0.3, 0.4) is 0 Å². The van der Waals surface area contributed by atoms with E-state index >= 15 is 0 Å². The molecule has 3 rings (SSSR count). The summed E-state index contributed by atoms with van der Waals surface area (Å²) in [5.41, 5.74) is 1.58. The van der Waals surface area contributed by atoms with Crippen LogP contribution in [0.25, 0.3) is 6.08 Å². The number of carbonyl (C=O) groups is 1. The van der Waals surface area contributed by atoms with Crippen molar-refractivity contribution in [1.29, 1.82) is 0 Å². The van der Waals surface area contributed by atoms with Crippen LogP contribution in [0.15, 0.2) is 52.4 Å². The van der Waals surface area contributed by atoms with Gasteiger partial charge in [0.2, 0.25) is 0 Å². The number of ether oxygens (including phenoxy) is 3. The first-order chi connectivity index (χ1) is 13.5. The highest BCUT2D eigenvalue weighted by atomic mass is 32.2. The van der Waals surface area contributed by atoms with Crippen molar-refractivity contribution < 1.29 is 19.0 Å². The Morgan fingerprint density at radius 2 is 1.79 bits per heavy atom. The van der Waals surface area contributed by atoms with Gasteiger partial charge in [0.25, 0.3) is 5.91 Å². The van der Waals surface area contributed by atoms with Crippen LogP contribution in [0.4, 0.5) is 5.69 Å². The molecule has 2 aromatic rings. The first-order valence-corrected chi connectivity index (χ1v) is 9.58. The second-order valence-electron chi connectivity index (χ2n) is 6.26. The van der Waals surface area contributed by atoms with Gasteiger partial charge in [-0.2, -0.15) is 0 Å². The summed E-state index contributed by atoms with van der Waals surface area (Å²) in [6.07, 6.45) is 1.85. The number of hydrogen-bond donors (Lipinski definition) is 1. The summed E-state index contributed by atoms with van der Waals surface area (Å²) in [7, 11) is 3.21. The molecule has 0 spiro atoms. The number of amides is 1. The molecule has 1 aliphatic rings. The molecule has 1 fully saturated rings. The average molecular weight is 398 g/mol. The third kappa shape index (κ3) is 4.86. The van der Waals surface area contributed by atoms with Crippen molar-refractivity contribution in [2.24, 2.45) is 4.99 Å². The Morgan fingerprint density at radius 1 is 1.04 bits per heavy atom. The second kappa shape index (κ2) is 8.84. The summed E-state index contributed by atoms with van der Waals surface area (Å²) in [5.74, 6) is 1.87. The lowest BCUT2D eigenvalue weighted by Gasteiger charge is -2.13. The summed E-state index contributed by atoms with van der Waals surface area (Å²) < 4.78 is 16.3. The minimum absolute atomic E-state index is 0.0472. The third-order valence-electron chi connectivity index (χ3n) is 3.80. The van der Waals surface area contributed by atoms with Crippen molar-refractivity contribution in [3.05, 3.63) is 52.9 Å². The van der Waals surface area contributed by atoms with Gasteiger partial charge in [0.05, 0.1) is 30.9 Å². The normalized spacial score (nSPS) is 16.5. The lowest BCUT2D eigenvalue weighted by atomic mass is 10.2. The van der Waals surface area contributed by atoms with E-state index in [1.54, 1.807) is 20.3 Å². The first-order valence-electron chi connectivity index (χ1n) is 8.77. The van der Waals surface area contributed by atoms with E-state index < -0.39 is 0 Å². The molecule has 0 saturated carbocycles. The van der Waals surface area contributed by atoms with E-state index in [-0.39, 0.29) is 12.0 Å². The Morgan fingerprint density at radius 3 is 2.43 bits per heavy atom. The number of carbonyl (C=O) groups excluding carboxylic acids is 1. The van der Waals surface area contributed by atoms with E-state index in [4.69, 9.17) is 14.2 Å². The van der Waals surface area contributed by atoms with Crippen molar-refractivity contribution >= 4 is 34.6 Å². The van der Waals surface area contributed by atoms with Gasteiger partial charge >= 0.3 is 0 Å². The highest BCUT2D eigenvalue weighted by Gasteiger charge is 2.24. The summed E-state index contributed by atoms with van der Waals surface area (Å²) >= 11 is 1.29. The molecular formula is C21H22N2O4S. The third-order valence-corrected chi connectivity index (χ3v) is 4.71. The molecule has 1 heterocycles. The zero-order valence-corrected chi connectivity index (χ0v) is 17.0. The Hall–Kier alpha value is -2.93. The number of thioether (sulfide) groups is 1. The van der Waals surface area contributed by atoms with Crippen molar-refractivity contribution in [2.75, 3.05) is 14.2 Å². The molecule has 0 aliphatic carbocycles. The zero-order valence-electron chi connectivity index (χ0n) is 16.2. The molecule has 6 nitrogen and oxygen atoms in total. The number of aliphatic imine (C=N–C) groups is 1. The number of benzene rings is 2. The molecule has 1 amide bonds. The second-order valence-corrected chi connectivity index (χ2v) is 7.29. The molecule has 0 unspecified atom stereocenters. The van der Waals surface area contributed by atoms with Gasteiger partial charge in [-0.15, -0.1) is 0 Å². The SMILES string of the molecule is COc1ccc(N=C2NC(=O)C(=Cc3ccc(OC(C)C)c(OC)c3)S2)cc1. The molecule has 7 heteroatoms. The van der Waals surface area contributed by atoms with Gasteiger partial charge in [0.15, 0.2) is 16.7 Å². The molecule has 0 aromatic heterocycles. The van der Waals surface area contributed by atoms with Crippen LogP contribution in [-0.2, 0) is 4.79 Å². The van der Waals surface area contributed by atoms with E-state index in [1.807, 2.05) is 56.3 Å². The Kier molecular flexibility index (Phi) is 6.26. The Balaban J connectivity index is 1.79. The summed E-state index contributed by atoms with van der Waals surface area (Å²) in [5, 5.41) is 3.32. The van der Waals surface area contributed by atoms with Gasteiger partial charge < -0.3 is 19.5 Å². The van der Waals surface area contributed by atoms with Crippen molar-refractivity contribution in [3.8, 4) is 17.2 Å². The quantitative estimate of drug-likeness (QED) is 0.731. The van der Waals surface area contributed by atoms with Gasteiger partial charge in [-0.3, -0.25) is 4.79 Å². The smallest absolute Gasteiger partial charge is 0.264 e. The number of rotatable bonds is 6. The average Bonchev–Trinajstić information content (AvgIpc) is 3.02. The molecule has 1 saturated heterocycles. The predicted molar refractivity (Wildman–Crippen MR) is 113 cm³/mol. The minimum atomic E-state index is -0.182. The number of amidine groups is 1. The number of methoxy groups -OCH3 is 2. The molecule has 28 heavy (non-hydrogen) atoms. The van der Waals surface area contributed by atoms with Crippen molar-refractivity contribution in [1.82, 2.24) is 5.32 Å². The number of hydrogen-bond acceptors (Lipinski definition) is 6. The summed E-state index contributed by atoms with van der Waals surface area (Å²) in [6.45, 7) is 3.91. The fourth-order valence-corrected chi connectivity index (χ4v) is 3.37. The van der Waals surface area contributed by atoms with Crippen LogP contribution in [0.1, 0.15) is 19.4 Å². The van der Waals surface area contributed by atoms with Gasteiger partial charge in [0, 0.05) is 0 Å². The fourth-order valence-electron chi connectivity index (χ4n) is 2.53. The largest absolute Gasteiger partial charge is 0.497 e. The predicted octanol–water partition coefficient (Wildman–Crippen LogP) is 4.38. The van der Waals surface area contributed by atoms with Gasteiger partial charge in [-0.05, 0) is 73.6 Å². The topological polar surface area (TPSA) is 69.2 Å². The standard InChI is InChI=1S/C21H22N2O4S/c1-13(2)27-17-10-5-14(11-18(17)26-4)12-19-20(24)23-21(28-19)22-15-6-8-16(25-3)9-7-15/h5-13H,1-4H3,(H,22,23,24). The molecular weight excluding hydrogens is 376 g/mol. The van der Waals surface area contributed by atoms with Crippen LogP contribution < -0.4 is 19.5 Å². The fraction of sp³-hybridized carbons (Fsp3) is 0.238. The lowest BCUT2D eigenvalue weighted by Crippen LogP contribution is -2.19. The van der Waals surface area contributed by atoms with Crippen LogP contribution in [0.5, 0.6) is 17.2 Å². The van der Waals surface area contributed by atoms with Crippen molar-refractivity contribution in [2.45, 2.75) is 20.0 Å². The van der Waals surface area contributed by atoms with Crippen molar-refractivity contribution in [3.63, 3.8) is 0 Å². The first kappa shape index (κ1) is 19.8. The minimum Gasteiger partial charge on any atom is -0.497 e. The molecule has 0 bridgehead atoms. The van der Waals surface area contributed by atoms with E-state index in [0.717, 1.165) is 17.0 Å². The van der Waals surface area contributed by atoms with Gasteiger partial charge in [-0.1, -0.05) is 6.07 Å². The van der Waals surface area contributed by atoms with Gasteiger partial charge in [0.1, 0.15) is 5.75 Å².